The smallest absolute Gasteiger partial charge is 0.265 e. The van der Waals surface area contributed by atoms with E-state index in [1.165, 1.54) is 12.4 Å². The van der Waals surface area contributed by atoms with Crippen LogP contribution in [0.15, 0.2) is 46.0 Å². The van der Waals surface area contributed by atoms with Gasteiger partial charge in [-0.15, -0.1) is 0 Å². The molecular weight excluding hydrogens is 366 g/mol. The van der Waals surface area contributed by atoms with Crippen LogP contribution in [0.4, 0.5) is 11.4 Å². The second-order valence-electron chi connectivity index (χ2n) is 3.83. The van der Waals surface area contributed by atoms with Crippen LogP contribution in [0.5, 0.6) is 0 Å². The Morgan fingerprint density at radius 2 is 2.00 bits per heavy atom. The van der Waals surface area contributed by atoms with Gasteiger partial charge in [-0.05, 0) is 34.1 Å². The van der Waals surface area contributed by atoms with Crippen LogP contribution in [0.3, 0.4) is 0 Å². The highest BCUT2D eigenvalue weighted by atomic mass is 79.9. The molecule has 0 unspecified atom stereocenters. The summed E-state index contributed by atoms with van der Waals surface area (Å²) in [6.45, 7) is 0. The van der Waals surface area contributed by atoms with E-state index in [1.54, 1.807) is 31.3 Å². The Morgan fingerprint density at radius 3 is 2.70 bits per heavy atom. The van der Waals surface area contributed by atoms with Crippen LogP contribution in [-0.4, -0.2) is 20.4 Å². The number of aromatic nitrogens is 1. The van der Waals surface area contributed by atoms with Crippen LogP contribution in [-0.2, 0) is 10.0 Å². The molecule has 8 heteroatoms. The average molecular weight is 377 g/mol. The third-order valence-electron chi connectivity index (χ3n) is 2.54. The number of benzene rings is 1. The van der Waals surface area contributed by atoms with Gasteiger partial charge in [-0.25, -0.2) is 8.42 Å². The first kappa shape index (κ1) is 15.1. The van der Waals surface area contributed by atoms with Crippen molar-refractivity contribution in [1.82, 2.24) is 4.98 Å². The van der Waals surface area contributed by atoms with Crippen molar-refractivity contribution >= 4 is 48.9 Å². The first-order valence-corrected chi connectivity index (χ1v) is 8.19. The Kier molecular flexibility index (Phi) is 4.52. The number of pyridine rings is 1. The zero-order chi connectivity index (χ0) is 14.8. The van der Waals surface area contributed by atoms with Gasteiger partial charge in [-0.3, -0.25) is 9.71 Å². The van der Waals surface area contributed by atoms with Crippen LogP contribution in [0, 0.1) is 0 Å². The van der Waals surface area contributed by atoms with Crippen LogP contribution < -0.4 is 10.0 Å². The second kappa shape index (κ2) is 5.99. The summed E-state index contributed by atoms with van der Waals surface area (Å²) in [7, 11) is -2.12. The first-order valence-electron chi connectivity index (χ1n) is 5.54. The van der Waals surface area contributed by atoms with Gasteiger partial charge >= 0.3 is 0 Å². The van der Waals surface area contributed by atoms with Crippen molar-refractivity contribution in [3.05, 3.63) is 46.2 Å². The van der Waals surface area contributed by atoms with Crippen molar-refractivity contribution in [1.29, 1.82) is 0 Å². The van der Waals surface area contributed by atoms with Crippen LogP contribution in [0.25, 0.3) is 0 Å². The summed E-state index contributed by atoms with van der Waals surface area (Å²) in [6, 6.07) is 6.52. The van der Waals surface area contributed by atoms with Gasteiger partial charge in [0.25, 0.3) is 10.0 Å². The Balaban J connectivity index is 2.44. The molecule has 2 N–H and O–H groups in total. The molecule has 0 aliphatic heterocycles. The average Bonchev–Trinajstić information content (AvgIpc) is 2.43. The lowest BCUT2D eigenvalue weighted by atomic mass is 10.3. The van der Waals surface area contributed by atoms with E-state index in [-0.39, 0.29) is 4.90 Å². The van der Waals surface area contributed by atoms with Gasteiger partial charge in [-0.1, -0.05) is 17.7 Å². The second-order valence-corrected chi connectivity index (χ2v) is 6.68. The lowest BCUT2D eigenvalue weighted by Crippen LogP contribution is -2.15. The van der Waals surface area contributed by atoms with Gasteiger partial charge in [0.2, 0.25) is 0 Å². The molecule has 2 aromatic rings. The fourth-order valence-electron chi connectivity index (χ4n) is 1.58. The minimum Gasteiger partial charge on any atom is -0.387 e. The number of anilines is 2. The van der Waals surface area contributed by atoms with Crippen molar-refractivity contribution in [2.75, 3.05) is 17.1 Å². The molecule has 0 fully saturated rings. The molecule has 20 heavy (non-hydrogen) atoms. The summed E-state index contributed by atoms with van der Waals surface area (Å²) < 4.78 is 27.7. The normalized spacial score (nSPS) is 11.2. The molecular formula is C12H11BrClN3O2S. The summed E-state index contributed by atoms with van der Waals surface area (Å²) in [4.78, 5) is 3.91. The topological polar surface area (TPSA) is 71.1 Å². The van der Waals surface area contributed by atoms with Gasteiger partial charge in [0.1, 0.15) is 4.90 Å². The third-order valence-corrected chi connectivity index (χ3v) is 5.33. The van der Waals surface area contributed by atoms with E-state index in [4.69, 9.17) is 11.6 Å². The number of nitrogens with one attached hydrogen (secondary N) is 2. The molecule has 0 spiro atoms. The van der Waals surface area contributed by atoms with Crippen molar-refractivity contribution in [3.8, 4) is 0 Å². The maximum atomic E-state index is 12.4. The molecule has 0 aliphatic carbocycles. The lowest BCUT2D eigenvalue weighted by Gasteiger charge is -2.12. The Morgan fingerprint density at radius 1 is 1.25 bits per heavy atom. The molecule has 0 saturated heterocycles. The summed E-state index contributed by atoms with van der Waals surface area (Å²) in [5, 5.41) is 3.24. The molecule has 1 aromatic heterocycles. The largest absolute Gasteiger partial charge is 0.387 e. The maximum Gasteiger partial charge on any atom is 0.265 e. The molecule has 0 bridgehead atoms. The number of sulfonamides is 1. The highest BCUT2D eigenvalue weighted by molar-refractivity contribution is 9.10. The van der Waals surface area contributed by atoms with E-state index in [1.807, 2.05) is 0 Å². The Hall–Kier alpha value is -1.31. The number of halogens is 2. The van der Waals surface area contributed by atoms with Gasteiger partial charge in [-0.2, -0.15) is 0 Å². The predicted octanol–water partition coefficient (Wildman–Crippen LogP) is 3.34. The van der Waals surface area contributed by atoms with Crippen molar-refractivity contribution in [2.45, 2.75) is 4.90 Å². The Bertz CT molecular complexity index is 737. The number of hydrogen-bond acceptors (Lipinski definition) is 4. The van der Waals surface area contributed by atoms with Crippen molar-refractivity contribution in [2.24, 2.45) is 0 Å². The molecule has 0 radical (unpaired) electrons. The van der Waals surface area contributed by atoms with E-state index in [0.29, 0.717) is 20.9 Å². The fourth-order valence-corrected chi connectivity index (χ4v) is 3.48. The predicted molar refractivity (Wildman–Crippen MR) is 83.7 cm³/mol. The van der Waals surface area contributed by atoms with Crippen molar-refractivity contribution in [3.63, 3.8) is 0 Å². The Labute approximate surface area is 130 Å². The summed E-state index contributed by atoms with van der Waals surface area (Å²) in [6.07, 6.45) is 2.80. The third kappa shape index (κ3) is 3.05. The van der Waals surface area contributed by atoms with Crippen LogP contribution in [0.2, 0.25) is 5.02 Å². The molecule has 0 aliphatic rings. The van der Waals surface area contributed by atoms with Gasteiger partial charge in [0, 0.05) is 19.4 Å². The molecule has 0 amide bonds. The fraction of sp³-hybridized carbons (Fsp3) is 0.0833. The molecule has 106 valence electrons. The molecule has 1 heterocycles. The maximum absolute atomic E-state index is 12.4. The van der Waals surface area contributed by atoms with E-state index in [0.717, 1.165) is 0 Å². The summed E-state index contributed by atoms with van der Waals surface area (Å²) >= 11 is 9.19. The highest BCUT2D eigenvalue weighted by Gasteiger charge is 2.20. The van der Waals surface area contributed by atoms with E-state index in [9.17, 15) is 8.42 Å². The van der Waals surface area contributed by atoms with Gasteiger partial charge in [0.05, 0.1) is 20.9 Å². The van der Waals surface area contributed by atoms with E-state index in [2.05, 4.69) is 31.0 Å². The van der Waals surface area contributed by atoms with E-state index < -0.39 is 10.0 Å². The lowest BCUT2D eigenvalue weighted by molar-refractivity contribution is 0.601. The molecule has 0 atom stereocenters. The van der Waals surface area contributed by atoms with Crippen LogP contribution in [0.1, 0.15) is 0 Å². The number of nitrogens with zero attached hydrogens (tertiary/aromatic N) is 1. The summed E-state index contributed by atoms with van der Waals surface area (Å²) in [5.74, 6) is 0. The number of hydrogen-bond donors (Lipinski definition) is 2. The standard InChI is InChI=1S/C12H11BrClN3O2S/c1-15-9-5-6-16-7-11(9)20(18,19)17-10-4-2-3-8(14)12(10)13/h2-7,17H,1H3,(H,15,16). The van der Waals surface area contributed by atoms with Gasteiger partial charge in [0.15, 0.2) is 0 Å². The summed E-state index contributed by atoms with van der Waals surface area (Å²) in [5.41, 5.74) is 0.828. The zero-order valence-electron chi connectivity index (χ0n) is 10.4. The molecule has 1 aromatic carbocycles. The minimum atomic E-state index is -3.76. The molecule has 5 nitrogen and oxygen atoms in total. The SMILES string of the molecule is CNc1ccncc1S(=O)(=O)Nc1cccc(Cl)c1Br. The zero-order valence-corrected chi connectivity index (χ0v) is 13.6. The van der Waals surface area contributed by atoms with Gasteiger partial charge < -0.3 is 5.32 Å². The van der Waals surface area contributed by atoms with Crippen LogP contribution >= 0.6 is 27.5 Å². The van der Waals surface area contributed by atoms with Crippen molar-refractivity contribution < 1.29 is 8.42 Å². The first-order chi connectivity index (χ1) is 9.45. The molecule has 2 rings (SSSR count). The monoisotopic (exact) mass is 375 g/mol. The number of rotatable bonds is 4. The molecule has 0 saturated carbocycles. The minimum absolute atomic E-state index is 0.0642. The highest BCUT2D eigenvalue weighted by Crippen LogP contribution is 2.32. The quantitative estimate of drug-likeness (QED) is 0.858. The van der Waals surface area contributed by atoms with E-state index >= 15 is 0 Å².